The summed E-state index contributed by atoms with van der Waals surface area (Å²) in [6.45, 7) is 6.23. The lowest BCUT2D eigenvalue weighted by Crippen LogP contribution is -2.39. The Morgan fingerprint density at radius 2 is 1.92 bits per heavy atom. The van der Waals surface area contributed by atoms with Crippen LogP contribution in [0, 0.1) is 6.92 Å². The molecule has 138 valence electrons. The van der Waals surface area contributed by atoms with Gasteiger partial charge in [-0.15, -0.1) is 0 Å². The van der Waals surface area contributed by atoms with Crippen molar-refractivity contribution < 1.29 is 14.9 Å². The van der Waals surface area contributed by atoms with E-state index in [0.717, 1.165) is 48.2 Å². The molecule has 1 unspecified atom stereocenters. The van der Waals surface area contributed by atoms with Gasteiger partial charge in [-0.2, -0.15) is 0 Å². The third-order valence-corrected chi connectivity index (χ3v) is 5.94. The molecule has 0 spiro atoms. The zero-order valence-electron chi connectivity index (χ0n) is 15.8. The lowest BCUT2D eigenvalue weighted by atomic mass is 9.76. The molecular weight excluding hydrogens is 326 g/mol. The molecule has 26 heavy (non-hydrogen) atoms. The smallest absolute Gasteiger partial charge is 0.168 e. The van der Waals surface area contributed by atoms with Gasteiger partial charge in [0.05, 0.1) is 7.11 Å². The van der Waals surface area contributed by atoms with E-state index in [2.05, 4.69) is 11.8 Å². The fourth-order valence-electron chi connectivity index (χ4n) is 4.59. The maximum absolute atomic E-state index is 10.6. The topological polar surface area (TPSA) is 52.9 Å². The standard InChI is InChI=1S/C22H27NO3/c1-4-5-7-23-8-6-14-11-19(25)22(26-3)21-16-9-13(2)18(24)12-15(16)10-17(23)20(14)21/h9,11-12,17,24-25H,4-8,10H2,1-3H3. The predicted octanol–water partition coefficient (Wildman–Crippen LogP) is 4.34. The maximum Gasteiger partial charge on any atom is 0.168 e. The molecule has 0 amide bonds. The monoisotopic (exact) mass is 353 g/mol. The minimum atomic E-state index is 0.209. The van der Waals surface area contributed by atoms with Crippen LogP contribution in [-0.4, -0.2) is 35.3 Å². The highest BCUT2D eigenvalue weighted by molar-refractivity contribution is 5.84. The Balaban J connectivity index is 1.96. The zero-order valence-corrected chi connectivity index (χ0v) is 15.8. The van der Waals surface area contributed by atoms with Gasteiger partial charge in [-0.3, -0.25) is 4.90 Å². The Hall–Kier alpha value is -2.20. The van der Waals surface area contributed by atoms with E-state index in [1.807, 2.05) is 25.1 Å². The van der Waals surface area contributed by atoms with Crippen molar-refractivity contribution in [3.05, 3.63) is 40.5 Å². The molecule has 4 heteroatoms. The van der Waals surface area contributed by atoms with Crippen molar-refractivity contribution in [1.82, 2.24) is 4.90 Å². The molecule has 1 aliphatic heterocycles. The van der Waals surface area contributed by atoms with E-state index in [4.69, 9.17) is 4.74 Å². The summed E-state index contributed by atoms with van der Waals surface area (Å²) in [7, 11) is 1.62. The molecule has 2 aromatic carbocycles. The van der Waals surface area contributed by atoms with Gasteiger partial charge in [-0.05, 0) is 78.7 Å². The molecule has 2 aliphatic rings. The number of hydrogen-bond acceptors (Lipinski definition) is 4. The van der Waals surface area contributed by atoms with E-state index >= 15 is 0 Å². The normalized spacial score (nSPS) is 18.3. The maximum atomic E-state index is 10.6. The molecule has 0 aromatic heterocycles. The number of phenols is 2. The molecule has 1 heterocycles. The van der Waals surface area contributed by atoms with Gasteiger partial charge in [0.15, 0.2) is 11.5 Å². The lowest BCUT2D eigenvalue weighted by molar-refractivity contribution is 0.179. The third-order valence-electron chi connectivity index (χ3n) is 5.94. The summed E-state index contributed by atoms with van der Waals surface area (Å²) in [6.07, 6.45) is 4.20. The van der Waals surface area contributed by atoms with Crippen LogP contribution in [0.15, 0.2) is 18.2 Å². The van der Waals surface area contributed by atoms with Crippen molar-refractivity contribution in [3.8, 4) is 28.4 Å². The van der Waals surface area contributed by atoms with Crippen LogP contribution in [0.2, 0.25) is 0 Å². The van der Waals surface area contributed by atoms with Crippen LogP contribution in [0.3, 0.4) is 0 Å². The molecule has 1 aliphatic carbocycles. The van der Waals surface area contributed by atoms with Crippen LogP contribution in [0.25, 0.3) is 11.1 Å². The van der Waals surface area contributed by atoms with Crippen molar-refractivity contribution in [3.63, 3.8) is 0 Å². The number of aryl methyl sites for hydroxylation is 1. The highest BCUT2D eigenvalue weighted by Crippen LogP contribution is 2.53. The quantitative estimate of drug-likeness (QED) is 0.859. The van der Waals surface area contributed by atoms with Crippen molar-refractivity contribution in [2.75, 3.05) is 20.2 Å². The first-order valence-corrected chi connectivity index (χ1v) is 9.54. The van der Waals surface area contributed by atoms with E-state index in [-0.39, 0.29) is 11.8 Å². The molecule has 0 saturated carbocycles. The van der Waals surface area contributed by atoms with Gasteiger partial charge in [0, 0.05) is 18.2 Å². The highest BCUT2D eigenvalue weighted by atomic mass is 16.5. The number of benzene rings is 2. The largest absolute Gasteiger partial charge is 0.508 e. The molecule has 2 N–H and O–H groups in total. The number of phenolic OH excluding ortho intramolecular Hbond substituents is 2. The molecule has 2 aromatic rings. The average Bonchev–Trinajstić information content (AvgIpc) is 2.62. The number of aromatic hydroxyl groups is 2. The first-order valence-electron chi connectivity index (χ1n) is 9.54. The summed E-state index contributed by atoms with van der Waals surface area (Å²) in [5.74, 6) is 1.10. The first-order chi connectivity index (χ1) is 12.5. The SMILES string of the molecule is CCCCN1CCc2cc(O)c(OC)c3c2C1Cc1cc(O)c(C)cc1-3. The zero-order chi connectivity index (χ0) is 18.4. The number of nitrogens with zero attached hydrogens (tertiary/aromatic N) is 1. The molecule has 0 saturated heterocycles. The molecule has 0 radical (unpaired) electrons. The van der Waals surface area contributed by atoms with Crippen LogP contribution >= 0.6 is 0 Å². The Morgan fingerprint density at radius 3 is 2.65 bits per heavy atom. The van der Waals surface area contributed by atoms with Crippen molar-refractivity contribution in [2.24, 2.45) is 0 Å². The Bertz CT molecular complexity index is 859. The van der Waals surface area contributed by atoms with Crippen molar-refractivity contribution in [1.29, 1.82) is 0 Å². The number of hydrogen-bond donors (Lipinski definition) is 2. The third kappa shape index (κ3) is 2.55. The van der Waals surface area contributed by atoms with Gasteiger partial charge in [0.2, 0.25) is 0 Å². The lowest BCUT2D eigenvalue weighted by Gasteiger charge is -2.42. The van der Waals surface area contributed by atoms with Crippen LogP contribution in [0.1, 0.15) is 48.1 Å². The van der Waals surface area contributed by atoms with Crippen LogP contribution in [-0.2, 0) is 12.8 Å². The summed E-state index contributed by atoms with van der Waals surface area (Å²) >= 11 is 0. The van der Waals surface area contributed by atoms with Crippen LogP contribution in [0.4, 0.5) is 0 Å². The van der Waals surface area contributed by atoms with Gasteiger partial charge < -0.3 is 14.9 Å². The second kappa shape index (κ2) is 6.51. The molecule has 0 bridgehead atoms. The Kier molecular flexibility index (Phi) is 4.31. The van der Waals surface area contributed by atoms with Gasteiger partial charge in [-0.1, -0.05) is 13.3 Å². The summed E-state index contributed by atoms with van der Waals surface area (Å²) < 4.78 is 5.63. The van der Waals surface area contributed by atoms with Crippen LogP contribution < -0.4 is 4.74 Å². The van der Waals surface area contributed by atoms with Crippen molar-refractivity contribution in [2.45, 2.75) is 45.6 Å². The van der Waals surface area contributed by atoms with Gasteiger partial charge in [0.25, 0.3) is 0 Å². The first kappa shape index (κ1) is 17.2. The summed E-state index contributed by atoms with van der Waals surface area (Å²) in [4.78, 5) is 2.56. The minimum absolute atomic E-state index is 0.209. The van der Waals surface area contributed by atoms with E-state index in [0.29, 0.717) is 11.5 Å². The van der Waals surface area contributed by atoms with Gasteiger partial charge in [-0.25, -0.2) is 0 Å². The van der Waals surface area contributed by atoms with Gasteiger partial charge >= 0.3 is 0 Å². The fraction of sp³-hybridized carbons (Fsp3) is 0.455. The highest BCUT2D eigenvalue weighted by Gasteiger charge is 2.37. The predicted molar refractivity (Wildman–Crippen MR) is 103 cm³/mol. The van der Waals surface area contributed by atoms with E-state index in [1.165, 1.54) is 24.0 Å². The second-order valence-electron chi connectivity index (χ2n) is 7.53. The second-order valence-corrected chi connectivity index (χ2v) is 7.53. The summed E-state index contributed by atoms with van der Waals surface area (Å²) in [5, 5.41) is 20.8. The number of ether oxygens (including phenoxy) is 1. The summed E-state index contributed by atoms with van der Waals surface area (Å²) in [5.41, 5.74) is 6.60. The summed E-state index contributed by atoms with van der Waals surface area (Å²) in [6, 6.07) is 6.09. The fourth-order valence-corrected chi connectivity index (χ4v) is 4.59. The Morgan fingerprint density at radius 1 is 1.15 bits per heavy atom. The van der Waals surface area contributed by atoms with Crippen molar-refractivity contribution >= 4 is 0 Å². The Labute approximate surface area is 155 Å². The average molecular weight is 353 g/mol. The molecule has 1 atom stereocenters. The number of unbranched alkanes of at least 4 members (excludes halogenated alkanes) is 1. The molecule has 4 rings (SSSR count). The molecule has 0 fully saturated rings. The van der Waals surface area contributed by atoms with Gasteiger partial charge in [0.1, 0.15) is 5.75 Å². The number of methoxy groups -OCH3 is 1. The van der Waals surface area contributed by atoms with Crippen LogP contribution in [0.5, 0.6) is 17.2 Å². The molecule has 4 nitrogen and oxygen atoms in total. The van der Waals surface area contributed by atoms with E-state index < -0.39 is 0 Å². The number of rotatable bonds is 4. The van der Waals surface area contributed by atoms with E-state index in [1.54, 1.807) is 7.11 Å². The van der Waals surface area contributed by atoms with E-state index in [9.17, 15) is 10.2 Å². The minimum Gasteiger partial charge on any atom is -0.508 e. The molecular formula is C22H27NO3. The number of fused-ring (bicyclic) bond motifs is 2.